The first kappa shape index (κ1) is 22.2. The van der Waals surface area contributed by atoms with Gasteiger partial charge in [0.05, 0.1) is 18.1 Å². The molecule has 3 heterocycles. The summed E-state index contributed by atoms with van der Waals surface area (Å²) in [6.07, 6.45) is 2.82. The summed E-state index contributed by atoms with van der Waals surface area (Å²) in [5.74, 6) is 2.19. The Morgan fingerprint density at radius 1 is 1.30 bits per heavy atom. The van der Waals surface area contributed by atoms with Crippen LogP contribution in [-0.4, -0.2) is 45.0 Å². The van der Waals surface area contributed by atoms with Crippen LogP contribution in [0.3, 0.4) is 0 Å². The maximum atomic E-state index is 12.5. The number of primary amides is 1. The number of furan rings is 1. The highest BCUT2D eigenvalue weighted by molar-refractivity contribution is 8.00. The Morgan fingerprint density at radius 2 is 2.00 bits per heavy atom. The number of imide groups is 1. The van der Waals surface area contributed by atoms with Crippen molar-refractivity contribution in [3.63, 3.8) is 0 Å². The SMILES string of the molecule is CC(C)[C@H](Sc1nnc(N2C[C@H](C)C[C@H](C)C2)n1Cc1ccco1)C(=O)NC(N)=O. The molecule has 2 aromatic heterocycles. The molecule has 0 unspecified atom stereocenters. The molecule has 1 saturated heterocycles. The maximum Gasteiger partial charge on any atom is 0.318 e. The third-order valence-corrected chi connectivity index (χ3v) is 6.61. The van der Waals surface area contributed by atoms with Crippen molar-refractivity contribution >= 4 is 29.6 Å². The lowest BCUT2D eigenvalue weighted by molar-refractivity contribution is -0.120. The molecule has 0 spiro atoms. The number of carbonyl (C=O) groups excluding carboxylic acids is 2. The number of hydrogen-bond acceptors (Lipinski definition) is 7. The molecule has 3 amide bonds. The van der Waals surface area contributed by atoms with Gasteiger partial charge in [-0.3, -0.25) is 14.7 Å². The Hall–Kier alpha value is -2.49. The molecule has 0 saturated carbocycles. The second-order valence-electron chi connectivity index (χ2n) is 8.44. The largest absolute Gasteiger partial charge is 0.467 e. The first-order valence-electron chi connectivity index (χ1n) is 10.2. The van der Waals surface area contributed by atoms with E-state index in [2.05, 4.69) is 34.3 Å². The molecule has 30 heavy (non-hydrogen) atoms. The van der Waals surface area contributed by atoms with Crippen LogP contribution in [0.2, 0.25) is 0 Å². The van der Waals surface area contributed by atoms with Gasteiger partial charge in [0.1, 0.15) is 5.76 Å². The Kier molecular flexibility index (Phi) is 7.06. The van der Waals surface area contributed by atoms with Crippen LogP contribution >= 0.6 is 11.8 Å². The van der Waals surface area contributed by atoms with Crippen molar-refractivity contribution in [2.24, 2.45) is 23.5 Å². The quantitative estimate of drug-likeness (QED) is 0.643. The Bertz CT molecular complexity index is 856. The summed E-state index contributed by atoms with van der Waals surface area (Å²) in [6, 6.07) is 2.88. The number of nitrogens with two attached hydrogens (primary N) is 1. The number of nitrogens with one attached hydrogen (secondary N) is 1. The fraction of sp³-hybridized carbons (Fsp3) is 0.600. The van der Waals surface area contributed by atoms with Crippen molar-refractivity contribution < 1.29 is 14.0 Å². The van der Waals surface area contributed by atoms with E-state index in [-0.39, 0.29) is 5.92 Å². The molecule has 9 nitrogen and oxygen atoms in total. The summed E-state index contributed by atoms with van der Waals surface area (Å²) in [4.78, 5) is 25.9. The lowest BCUT2D eigenvalue weighted by Crippen LogP contribution is -2.42. The molecule has 164 valence electrons. The topological polar surface area (TPSA) is 119 Å². The second kappa shape index (κ2) is 9.55. The van der Waals surface area contributed by atoms with Gasteiger partial charge in [-0.2, -0.15) is 0 Å². The first-order chi connectivity index (χ1) is 14.2. The standard InChI is InChI=1S/C20H30N6O3S/c1-12(2)16(17(27)22-18(21)28)30-20-24-23-19(25-9-13(3)8-14(4)10-25)26(20)11-15-6-5-7-29-15/h5-7,12-14,16H,8-11H2,1-4H3,(H3,21,22,27,28)/t13-,14+,16-/m0/s1. The van der Waals surface area contributed by atoms with E-state index in [9.17, 15) is 9.59 Å². The summed E-state index contributed by atoms with van der Waals surface area (Å²) in [5.41, 5.74) is 5.14. The number of amides is 3. The minimum absolute atomic E-state index is 0.0402. The van der Waals surface area contributed by atoms with Gasteiger partial charge in [0, 0.05) is 13.1 Å². The third kappa shape index (κ3) is 5.35. The van der Waals surface area contributed by atoms with Gasteiger partial charge in [0.15, 0.2) is 5.16 Å². The lowest BCUT2D eigenvalue weighted by atomic mass is 9.92. The summed E-state index contributed by atoms with van der Waals surface area (Å²) in [5, 5.41) is 11.1. The van der Waals surface area contributed by atoms with Crippen LogP contribution in [0.5, 0.6) is 0 Å². The number of rotatable bonds is 7. The average molecular weight is 435 g/mol. The van der Waals surface area contributed by atoms with Crippen LogP contribution in [0.4, 0.5) is 10.7 Å². The predicted molar refractivity (Wildman–Crippen MR) is 115 cm³/mol. The zero-order valence-corrected chi connectivity index (χ0v) is 18.7. The highest BCUT2D eigenvalue weighted by Gasteiger charge is 2.31. The van der Waals surface area contributed by atoms with Gasteiger partial charge < -0.3 is 15.1 Å². The van der Waals surface area contributed by atoms with Crippen LogP contribution < -0.4 is 16.0 Å². The van der Waals surface area contributed by atoms with E-state index < -0.39 is 17.2 Å². The van der Waals surface area contributed by atoms with Crippen molar-refractivity contribution in [2.75, 3.05) is 18.0 Å². The molecule has 0 aromatic carbocycles. The molecular formula is C20H30N6O3S. The minimum Gasteiger partial charge on any atom is -0.467 e. The number of urea groups is 1. The number of thioether (sulfide) groups is 1. The highest BCUT2D eigenvalue weighted by Crippen LogP contribution is 2.32. The molecular weight excluding hydrogens is 404 g/mol. The normalized spacial score (nSPS) is 20.4. The van der Waals surface area contributed by atoms with Crippen LogP contribution in [0.15, 0.2) is 28.0 Å². The number of nitrogens with zero attached hydrogens (tertiary/aromatic N) is 4. The van der Waals surface area contributed by atoms with Gasteiger partial charge in [-0.05, 0) is 36.3 Å². The second-order valence-corrected chi connectivity index (χ2v) is 9.54. The number of hydrogen-bond donors (Lipinski definition) is 2. The molecule has 0 aliphatic carbocycles. The van der Waals surface area contributed by atoms with Gasteiger partial charge in [-0.1, -0.05) is 39.5 Å². The van der Waals surface area contributed by atoms with Gasteiger partial charge in [0.25, 0.3) is 0 Å². The fourth-order valence-electron chi connectivity index (χ4n) is 3.92. The zero-order chi connectivity index (χ0) is 21.8. The van der Waals surface area contributed by atoms with Gasteiger partial charge in [-0.25, -0.2) is 4.79 Å². The van der Waals surface area contributed by atoms with E-state index >= 15 is 0 Å². The van der Waals surface area contributed by atoms with Crippen molar-refractivity contribution in [1.29, 1.82) is 0 Å². The van der Waals surface area contributed by atoms with Crippen LogP contribution in [0.1, 0.15) is 39.9 Å². The summed E-state index contributed by atoms with van der Waals surface area (Å²) in [7, 11) is 0. The first-order valence-corrected chi connectivity index (χ1v) is 11.1. The van der Waals surface area contributed by atoms with E-state index in [0.29, 0.717) is 23.5 Å². The van der Waals surface area contributed by atoms with Crippen LogP contribution in [0.25, 0.3) is 0 Å². The van der Waals surface area contributed by atoms with Crippen molar-refractivity contribution in [3.05, 3.63) is 24.2 Å². The Morgan fingerprint density at radius 3 is 2.57 bits per heavy atom. The van der Waals surface area contributed by atoms with E-state index in [4.69, 9.17) is 10.2 Å². The summed E-state index contributed by atoms with van der Waals surface area (Å²) < 4.78 is 7.54. The van der Waals surface area contributed by atoms with Crippen molar-refractivity contribution in [3.8, 4) is 0 Å². The fourth-order valence-corrected chi connectivity index (χ4v) is 4.95. The van der Waals surface area contributed by atoms with Crippen molar-refractivity contribution in [1.82, 2.24) is 20.1 Å². The van der Waals surface area contributed by atoms with Gasteiger partial charge in [-0.15, -0.1) is 10.2 Å². The van der Waals surface area contributed by atoms with E-state index in [1.165, 1.54) is 18.2 Å². The van der Waals surface area contributed by atoms with Crippen LogP contribution in [-0.2, 0) is 11.3 Å². The molecule has 3 N–H and O–H groups in total. The molecule has 2 aromatic rings. The third-order valence-electron chi connectivity index (χ3n) is 5.09. The molecule has 1 aliphatic rings. The molecule has 0 radical (unpaired) electrons. The summed E-state index contributed by atoms with van der Waals surface area (Å²) in [6.45, 7) is 10.6. The maximum absolute atomic E-state index is 12.5. The lowest BCUT2D eigenvalue weighted by Gasteiger charge is -2.35. The number of carbonyl (C=O) groups is 2. The van der Waals surface area contributed by atoms with E-state index in [1.807, 2.05) is 30.5 Å². The number of aromatic nitrogens is 3. The monoisotopic (exact) mass is 434 g/mol. The van der Waals surface area contributed by atoms with E-state index in [1.54, 1.807) is 6.26 Å². The molecule has 0 bridgehead atoms. The molecule has 1 aliphatic heterocycles. The Labute approximate surface area is 180 Å². The smallest absolute Gasteiger partial charge is 0.318 e. The minimum atomic E-state index is -0.861. The number of anilines is 1. The molecule has 3 atom stereocenters. The van der Waals surface area contributed by atoms with Gasteiger partial charge >= 0.3 is 6.03 Å². The molecule has 1 fully saturated rings. The Balaban J connectivity index is 1.92. The molecule has 10 heteroatoms. The highest BCUT2D eigenvalue weighted by atomic mass is 32.2. The van der Waals surface area contributed by atoms with Gasteiger partial charge in [0.2, 0.25) is 11.9 Å². The van der Waals surface area contributed by atoms with E-state index in [0.717, 1.165) is 24.8 Å². The predicted octanol–water partition coefficient (Wildman–Crippen LogP) is 2.71. The zero-order valence-electron chi connectivity index (χ0n) is 17.9. The molecule has 3 rings (SSSR count). The van der Waals surface area contributed by atoms with Crippen molar-refractivity contribution in [2.45, 2.75) is 51.1 Å². The number of piperidine rings is 1. The van der Waals surface area contributed by atoms with Crippen LogP contribution in [0, 0.1) is 17.8 Å². The average Bonchev–Trinajstić information content (AvgIpc) is 3.28. The summed E-state index contributed by atoms with van der Waals surface area (Å²) >= 11 is 1.28.